The number of nitrogens with zero attached hydrogens (tertiary/aromatic N) is 4. The number of aromatic nitrogens is 3. The average molecular weight is 536 g/mol. The topological polar surface area (TPSA) is 120 Å². The van der Waals surface area contributed by atoms with Gasteiger partial charge in [0.25, 0.3) is 5.69 Å². The van der Waals surface area contributed by atoms with Gasteiger partial charge in [0.05, 0.1) is 27.6 Å². The molecular weight excluding hydrogens is 514 g/mol. The Morgan fingerprint density at radius 1 is 1.14 bits per heavy atom. The van der Waals surface area contributed by atoms with Gasteiger partial charge in [-0.3, -0.25) is 24.3 Å². The summed E-state index contributed by atoms with van der Waals surface area (Å²) in [6.07, 6.45) is 3.34. The Morgan fingerprint density at radius 3 is 2.59 bits per heavy atom. The Morgan fingerprint density at radius 2 is 1.86 bits per heavy atom. The maximum Gasteiger partial charge on any atom is 0.276 e. The Hall–Kier alpha value is -4.15. The SMILES string of the molecule is CCc1cc(C(=O)c2ccccc2Cl)c(-n2c(C)nnc2CNC(=O)C=Cc2ccccc2[N+](=O)[O-])s1. The number of rotatable bonds is 9. The van der Waals surface area contributed by atoms with Crippen LogP contribution in [0.1, 0.15) is 44.9 Å². The lowest BCUT2D eigenvalue weighted by molar-refractivity contribution is -0.385. The molecule has 0 unspecified atom stereocenters. The summed E-state index contributed by atoms with van der Waals surface area (Å²) in [4.78, 5) is 37.6. The number of carbonyl (C=O) groups excluding carboxylic acids is 2. The van der Waals surface area contributed by atoms with Crippen LogP contribution in [-0.4, -0.2) is 31.4 Å². The molecule has 4 rings (SSSR count). The fourth-order valence-electron chi connectivity index (χ4n) is 3.69. The van der Waals surface area contributed by atoms with Crippen LogP contribution in [0.4, 0.5) is 5.69 Å². The number of amides is 1. The van der Waals surface area contributed by atoms with Gasteiger partial charge < -0.3 is 5.32 Å². The molecule has 2 aromatic heterocycles. The first kappa shape index (κ1) is 25.9. The Kier molecular flexibility index (Phi) is 7.90. The number of thiophene rings is 1. The predicted octanol–water partition coefficient (Wildman–Crippen LogP) is 5.32. The Labute approximate surface area is 221 Å². The fraction of sp³-hybridized carbons (Fsp3) is 0.154. The van der Waals surface area contributed by atoms with Crippen molar-refractivity contribution in [1.29, 1.82) is 0 Å². The minimum absolute atomic E-state index is 0.0278. The summed E-state index contributed by atoms with van der Waals surface area (Å²) in [5.74, 6) is 0.310. The van der Waals surface area contributed by atoms with Crippen molar-refractivity contribution in [2.24, 2.45) is 0 Å². The van der Waals surface area contributed by atoms with Gasteiger partial charge in [-0.15, -0.1) is 21.5 Å². The van der Waals surface area contributed by atoms with Crippen LogP contribution >= 0.6 is 22.9 Å². The van der Waals surface area contributed by atoms with Crippen LogP contribution < -0.4 is 5.32 Å². The molecule has 9 nitrogen and oxygen atoms in total. The number of aryl methyl sites for hydroxylation is 2. The van der Waals surface area contributed by atoms with Crippen LogP contribution in [0.3, 0.4) is 0 Å². The van der Waals surface area contributed by atoms with E-state index in [1.807, 2.05) is 13.0 Å². The van der Waals surface area contributed by atoms with E-state index in [-0.39, 0.29) is 18.0 Å². The maximum atomic E-state index is 13.4. The number of nitro groups is 1. The van der Waals surface area contributed by atoms with Gasteiger partial charge >= 0.3 is 0 Å². The summed E-state index contributed by atoms with van der Waals surface area (Å²) in [5.41, 5.74) is 1.09. The minimum atomic E-state index is -0.504. The smallest absolute Gasteiger partial charge is 0.276 e. The number of halogens is 1. The molecule has 0 atom stereocenters. The van der Waals surface area contributed by atoms with E-state index < -0.39 is 10.8 Å². The molecule has 11 heteroatoms. The van der Waals surface area contributed by atoms with Crippen molar-refractivity contribution in [2.75, 3.05) is 0 Å². The molecule has 1 amide bonds. The molecule has 0 aliphatic heterocycles. The normalized spacial score (nSPS) is 11.1. The van der Waals surface area contributed by atoms with Crippen molar-refractivity contribution in [3.63, 3.8) is 0 Å². The van der Waals surface area contributed by atoms with E-state index in [0.717, 1.165) is 11.3 Å². The Balaban J connectivity index is 1.59. The van der Waals surface area contributed by atoms with Crippen molar-refractivity contribution in [3.8, 4) is 5.00 Å². The van der Waals surface area contributed by atoms with Crippen LogP contribution in [-0.2, 0) is 17.8 Å². The number of hydrogen-bond donors (Lipinski definition) is 1. The highest BCUT2D eigenvalue weighted by Gasteiger charge is 2.24. The lowest BCUT2D eigenvalue weighted by atomic mass is 10.0. The number of carbonyl (C=O) groups is 2. The summed E-state index contributed by atoms with van der Waals surface area (Å²) in [7, 11) is 0. The second-order valence-electron chi connectivity index (χ2n) is 7.96. The fourth-order valence-corrected chi connectivity index (χ4v) is 5.08. The monoisotopic (exact) mass is 535 g/mol. The van der Waals surface area contributed by atoms with Gasteiger partial charge in [0, 0.05) is 22.6 Å². The zero-order valence-corrected chi connectivity index (χ0v) is 21.5. The predicted molar refractivity (Wildman–Crippen MR) is 142 cm³/mol. The van der Waals surface area contributed by atoms with Crippen molar-refractivity contribution < 1.29 is 14.5 Å². The molecular formula is C26H22ClN5O4S. The largest absolute Gasteiger partial charge is 0.345 e. The highest BCUT2D eigenvalue weighted by Crippen LogP contribution is 2.32. The Bertz CT molecular complexity index is 1520. The first-order valence-electron chi connectivity index (χ1n) is 11.3. The lowest BCUT2D eigenvalue weighted by Gasteiger charge is -2.10. The van der Waals surface area contributed by atoms with Crippen molar-refractivity contribution in [2.45, 2.75) is 26.8 Å². The van der Waals surface area contributed by atoms with E-state index in [2.05, 4.69) is 15.5 Å². The molecule has 0 bridgehead atoms. The molecule has 2 heterocycles. The van der Waals surface area contributed by atoms with E-state index in [9.17, 15) is 19.7 Å². The molecule has 0 spiro atoms. The standard InChI is InChI=1S/C26H22ClN5O4S/c1-3-18-14-20(25(34)19-9-5-6-10-21(19)27)26(37-18)31-16(2)29-30-23(31)15-28-24(33)13-12-17-8-4-7-11-22(17)32(35)36/h4-14H,3,15H2,1-2H3,(H,28,33). The number of benzene rings is 2. The van der Waals surface area contributed by atoms with E-state index in [1.54, 1.807) is 54.0 Å². The number of ketones is 1. The van der Waals surface area contributed by atoms with Crippen molar-refractivity contribution in [3.05, 3.63) is 109 Å². The summed E-state index contributed by atoms with van der Waals surface area (Å²) >= 11 is 7.74. The van der Waals surface area contributed by atoms with Crippen molar-refractivity contribution >= 4 is 46.4 Å². The molecule has 2 aromatic carbocycles. The van der Waals surface area contributed by atoms with E-state index in [4.69, 9.17) is 11.6 Å². The molecule has 37 heavy (non-hydrogen) atoms. The van der Waals surface area contributed by atoms with Gasteiger partial charge in [-0.05, 0) is 43.7 Å². The molecule has 0 saturated heterocycles. The zero-order valence-electron chi connectivity index (χ0n) is 20.0. The lowest BCUT2D eigenvalue weighted by Crippen LogP contribution is -2.22. The van der Waals surface area contributed by atoms with Crippen LogP contribution in [0.5, 0.6) is 0 Å². The molecule has 1 N–H and O–H groups in total. The van der Waals surface area contributed by atoms with Crippen LogP contribution in [0.15, 0.2) is 60.7 Å². The number of hydrogen-bond acceptors (Lipinski definition) is 7. The van der Waals surface area contributed by atoms with Crippen LogP contribution in [0.2, 0.25) is 5.02 Å². The second-order valence-corrected chi connectivity index (χ2v) is 9.48. The maximum absolute atomic E-state index is 13.4. The van der Waals surface area contributed by atoms with Crippen LogP contribution in [0.25, 0.3) is 11.1 Å². The van der Waals surface area contributed by atoms with Gasteiger partial charge in [-0.25, -0.2) is 0 Å². The summed E-state index contributed by atoms with van der Waals surface area (Å²) in [6, 6.07) is 14.9. The number of para-hydroxylation sites is 1. The van der Waals surface area contributed by atoms with E-state index in [1.165, 1.54) is 29.6 Å². The minimum Gasteiger partial charge on any atom is -0.345 e. The molecule has 0 aliphatic rings. The average Bonchev–Trinajstić information content (AvgIpc) is 3.48. The third kappa shape index (κ3) is 5.65. The molecule has 0 fully saturated rings. The van der Waals surface area contributed by atoms with Crippen molar-refractivity contribution in [1.82, 2.24) is 20.1 Å². The van der Waals surface area contributed by atoms with Gasteiger partial charge in [0.2, 0.25) is 5.91 Å². The third-order valence-electron chi connectivity index (χ3n) is 5.54. The molecule has 0 radical (unpaired) electrons. The van der Waals surface area contributed by atoms with Gasteiger partial charge in [0.15, 0.2) is 11.6 Å². The number of nitro benzene ring substituents is 1. The molecule has 0 aliphatic carbocycles. The molecule has 4 aromatic rings. The first-order chi connectivity index (χ1) is 17.8. The summed E-state index contributed by atoms with van der Waals surface area (Å²) in [5, 5.41) is 23.3. The summed E-state index contributed by atoms with van der Waals surface area (Å²) in [6.45, 7) is 3.80. The molecule has 0 saturated carbocycles. The van der Waals surface area contributed by atoms with E-state index >= 15 is 0 Å². The van der Waals surface area contributed by atoms with Gasteiger partial charge in [-0.2, -0.15) is 0 Å². The first-order valence-corrected chi connectivity index (χ1v) is 12.5. The third-order valence-corrected chi connectivity index (χ3v) is 7.13. The quantitative estimate of drug-likeness (QED) is 0.134. The highest BCUT2D eigenvalue weighted by molar-refractivity contribution is 7.15. The van der Waals surface area contributed by atoms with E-state index in [0.29, 0.717) is 38.4 Å². The van der Waals surface area contributed by atoms with Gasteiger partial charge in [0.1, 0.15) is 10.8 Å². The van der Waals surface area contributed by atoms with Gasteiger partial charge in [-0.1, -0.05) is 42.8 Å². The highest BCUT2D eigenvalue weighted by atomic mass is 35.5. The van der Waals surface area contributed by atoms with Crippen LogP contribution in [0, 0.1) is 17.0 Å². The molecule has 188 valence electrons. The summed E-state index contributed by atoms with van der Waals surface area (Å²) < 4.78 is 1.75. The second kappa shape index (κ2) is 11.3. The zero-order chi connectivity index (χ0) is 26.5. The number of nitrogens with one attached hydrogen (secondary N) is 1.